The van der Waals surface area contributed by atoms with Crippen molar-refractivity contribution in [3.8, 4) is 0 Å². The van der Waals surface area contributed by atoms with E-state index in [2.05, 4.69) is 43.4 Å². The molecule has 0 saturated carbocycles. The molecule has 0 aromatic heterocycles. The maximum Gasteiger partial charge on any atom is 0.318 e. The average molecular weight is 262 g/mol. The van der Waals surface area contributed by atoms with E-state index < -0.39 is 0 Å². The topological polar surface area (TPSA) is 52.6 Å². The Morgan fingerprint density at radius 2 is 2.11 bits per heavy atom. The van der Waals surface area contributed by atoms with E-state index in [9.17, 15) is 4.79 Å². The molecule has 2 rings (SSSR count). The van der Waals surface area contributed by atoms with Gasteiger partial charge in [0.25, 0.3) is 0 Å². The second-order valence-electron chi connectivity index (χ2n) is 5.15. The smallest absolute Gasteiger partial charge is 0.318 e. The quantitative estimate of drug-likeness (QED) is 0.855. The number of carbonyl (C=O) groups is 1. The molecule has 1 aliphatic rings. The van der Waals surface area contributed by atoms with Crippen LogP contribution in [-0.2, 0) is 0 Å². The van der Waals surface area contributed by atoms with Crippen LogP contribution in [-0.4, -0.2) is 35.7 Å². The van der Waals surface area contributed by atoms with Crippen molar-refractivity contribution in [2.24, 2.45) is 0 Å². The van der Waals surface area contributed by atoms with Crippen molar-refractivity contribution in [3.05, 3.63) is 35.4 Å². The maximum atomic E-state index is 11.7. The molecule has 4 heteroatoms. The van der Waals surface area contributed by atoms with Crippen LogP contribution in [0.2, 0.25) is 0 Å². The van der Waals surface area contributed by atoms with E-state index >= 15 is 0 Å². The second-order valence-corrected chi connectivity index (χ2v) is 5.15. The van der Waals surface area contributed by atoms with Gasteiger partial charge >= 0.3 is 6.03 Å². The number of amides is 2. The molecular formula is C15H22N2O2. The Kier molecular flexibility index (Phi) is 4.43. The second kappa shape index (κ2) is 6.06. The van der Waals surface area contributed by atoms with Crippen molar-refractivity contribution in [2.75, 3.05) is 19.7 Å². The Bertz CT molecular complexity index is 430. The SMILES string of the molecule is CCC(C)c1ccc(C2CN(CCO)C(=O)N2)cc1. The van der Waals surface area contributed by atoms with E-state index in [4.69, 9.17) is 5.11 Å². The summed E-state index contributed by atoms with van der Waals surface area (Å²) in [7, 11) is 0. The largest absolute Gasteiger partial charge is 0.395 e. The van der Waals surface area contributed by atoms with Crippen molar-refractivity contribution >= 4 is 6.03 Å². The van der Waals surface area contributed by atoms with Gasteiger partial charge in [-0.25, -0.2) is 4.79 Å². The Morgan fingerprint density at radius 3 is 2.68 bits per heavy atom. The fourth-order valence-corrected chi connectivity index (χ4v) is 2.38. The number of benzene rings is 1. The Labute approximate surface area is 114 Å². The van der Waals surface area contributed by atoms with E-state index in [1.165, 1.54) is 5.56 Å². The van der Waals surface area contributed by atoms with Crippen molar-refractivity contribution in [1.29, 1.82) is 0 Å². The van der Waals surface area contributed by atoms with Crippen LogP contribution in [0.25, 0.3) is 0 Å². The highest BCUT2D eigenvalue weighted by Gasteiger charge is 2.28. The van der Waals surface area contributed by atoms with Gasteiger partial charge < -0.3 is 15.3 Å². The van der Waals surface area contributed by atoms with Gasteiger partial charge in [-0.3, -0.25) is 0 Å². The van der Waals surface area contributed by atoms with Crippen molar-refractivity contribution in [3.63, 3.8) is 0 Å². The number of hydrogen-bond donors (Lipinski definition) is 2. The first-order chi connectivity index (χ1) is 9.15. The Hall–Kier alpha value is -1.55. The first-order valence-electron chi connectivity index (χ1n) is 6.91. The highest BCUT2D eigenvalue weighted by Crippen LogP contribution is 2.24. The van der Waals surface area contributed by atoms with Gasteiger partial charge in [-0.2, -0.15) is 0 Å². The van der Waals surface area contributed by atoms with Crippen molar-refractivity contribution in [1.82, 2.24) is 10.2 Å². The molecule has 2 unspecified atom stereocenters. The number of nitrogens with one attached hydrogen (secondary N) is 1. The molecule has 2 amide bonds. The summed E-state index contributed by atoms with van der Waals surface area (Å²) in [4.78, 5) is 13.3. The molecule has 2 N–H and O–H groups in total. The number of rotatable bonds is 5. The molecule has 1 aliphatic heterocycles. The molecule has 0 aliphatic carbocycles. The first kappa shape index (κ1) is 13.9. The van der Waals surface area contributed by atoms with E-state index in [0.29, 0.717) is 19.0 Å². The van der Waals surface area contributed by atoms with E-state index in [1.807, 2.05) is 0 Å². The van der Waals surface area contributed by atoms with Crippen LogP contribution in [0.1, 0.15) is 43.4 Å². The molecule has 0 radical (unpaired) electrons. The zero-order valence-corrected chi connectivity index (χ0v) is 11.6. The molecule has 4 nitrogen and oxygen atoms in total. The molecule has 1 saturated heterocycles. The normalized spacial score (nSPS) is 20.5. The number of nitrogens with zero attached hydrogens (tertiary/aromatic N) is 1. The third kappa shape index (κ3) is 3.07. The minimum Gasteiger partial charge on any atom is -0.395 e. The van der Waals surface area contributed by atoms with Gasteiger partial charge in [-0.05, 0) is 23.5 Å². The molecular weight excluding hydrogens is 240 g/mol. The lowest BCUT2D eigenvalue weighted by molar-refractivity contribution is 0.196. The molecule has 1 aromatic carbocycles. The highest BCUT2D eigenvalue weighted by atomic mass is 16.3. The molecule has 1 heterocycles. The summed E-state index contributed by atoms with van der Waals surface area (Å²) >= 11 is 0. The zero-order chi connectivity index (χ0) is 13.8. The van der Waals surface area contributed by atoms with Crippen LogP contribution in [0.4, 0.5) is 4.79 Å². The Balaban J connectivity index is 2.05. The third-order valence-corrected chi connectivity index (χ3v) is 3.88. The number of hydrogen-bond acceptors (Lipinski definition) is 2. The van der Waals surface area contributed by atoms with Gasteiger partial charge in [-0.15, -0.1) is 0 Å². The predicted molar refractivity (Wildman–Crippen MR) is 75.1 cm³/mol. The van der Waals surface area contributed by atoms with Crippen LogP contribution in [0.5, 0.6) is 0 Å². The summed E-state index contributed by atoms with van der Waals surface area (Å²) in [6.07, 6.45) is 1.13. The Morgan fingerprint density at radius 1 is 1.42 bits per heavy atom. The van der Waals surface area contributed by atoms with Crippen LogP contribution in [0.15, 0.2) is 24.3 Å². The summed E-state index contributed by atoms with van der Waals surface area (Å²) in [5.74, 6) is 0.568. The molecule has 104 valence electrons. The fourth-order valence-electron chi connectivity index (χ4n) is 2.38. The number of aliphatic hydroxyl groups is 1. The summed E-state index contributed by atoms with van der Waals surface area (Å²) in [5, 5.41) is 11.8. The van der Waals surface area contributed by atoms with Crippen LogP contribution in [0.3, 0.4) is 0 Å². The predicted octanol–water partition coefficient (Wildman–Crippen LogP) is 2.26. The fraction of sp³-hybridized carbons (Fsp3) is 0.533. The molecule has 2 atom stereocenters. The average Bonchev–Trinajstić information content (AvgIpc) is 2.80. The third-order valence-electron chi connectivity index (χ3n) is 3.88. The summed E-state index contributed by atoms with van der Waals surface area (Å²) < 4.78 is 0. The summed E-state index contributed by atoms with van der Waals surface area (Å²) in [5.41, 5.74) is 2.46. The number of carbonyl (C=O) groups excluding carboxylic acids is 1. The number of aliphatic hydroxyl groups excluding tert-OH is 1. The minimum atomic E-state index is -0.0925. The zero-order valence-electron chi connectivity index (χ0n) is 11.6. The number of urea groups is 1. The summed E-state index contributed by atoms with van der Waals surface area (Å²) in [6, 6.07) is 8.41. The van der Waals surface area contributed by atoms with Crippen molar-refractivity contribution in [2.45, 2.75) is 32.2 Å². The highest BCUT2D eigenvalue weighted by molar-refractivity contribution is 5.77. The molecule has 1 fully saturated rings. The van der Waals surface area contributed by atoms with Gasteiger partial charge in [0.05, 0.1) is 12.6 Å². The van der Waals surface area contributed by atoms with Crippen molar-refractivity contribution < 1.29 is 9.90 Å². The lowest BCUT2D eigenvalue weighted by atomic mass is 9.96. The van der Waals surface area contributed by atoms with Crippen LogP contribution >= 0.6 is 0 Å². The molecule has 0 bridgehead atoms. The van der Waals surface area contributed by atoms with E-state index in [0.717, 1.165) is 12.0 Å². The lowest BCUT2D eigenvalue weighted by Crippen LogP contribution is -2.30. The first-order valence-corrected chi connectivity index (χ1v) is 6.91. The molecule has 1 aromatic rings. The standard InChI is InChI=1S/C15H22N2O2/c1-3-11(2)12-4-6-13(7-5-12)14-10-17(8-9-18)15(19)16-14/h4-7,11,14,18H,3,8-10H2,1-2H3,(H,16,19). The molecule has 19 heavy (non-hydrogen) atoms. The molecule has 0 spiro atoms. The van der Waals surface area contributed by atoms with Gasteiger partial charge in [0.15, 0.2) is 0 Å². The number of β-amino-alcohol motifs (C(OH)–C–C–N with tert-alkyl or cyclic N) is 1. The summed E-state index contributed by atoms with van der Waals surface area (Å²) in [6.45, 7) is 5.43. The van der Waals surface area contributed by atoms with E-state index in [-0.39, 0.29) is 18.7 Å². The van der Waals surface area contributed by atoms with E-state index in [1.54, 1.807) is 4.90 Å². The van der Waals surface area contributed by atoms with Crippen LogP contribution in [0, 0.1) is 0 Å². The maximum absolute atomic E-state index is 11.7. The van der Waals surface area contributed by atoms with Gasteiger partial charge in [0.1, 0.15) is 0 Å². The monoisotopic (exact) mass is 262 g/mol. The minimum absolute atomic E-state index is 0.00704. The van der Waals surface area contributed by atoms with Gasteiger partial charge in [-0.1, -0.05) is 38.1 Å². The van der Waals surface area contributed by atoms with Crippen LogP contribution < -0.4 is 5.32 Å². The van der Waals surface area contributed by atoms with Gasteiger partial charge in [0, 0.05) is 13.1 Å². The van der Waals surface area contributed by atoms with Gasteiger partial charge in [0.2, 0.25) is 0 Å². The lowest BCUT2D eigenvalue weighted by Gasteiger charge is -2.14.